The molecule has 3 rings (SSSR count). The number of carbonyl (C=O) groups excluding carboxylic acids is 1. The zero-order chi connectivity index (χ0) is 24.3. The van der Waals surface area contributed by atoms with Crippen molar-refractivity contribution in [3.05, 3.63) is 81.1 Å². The molecule has 0 radical (unpaired) electrons. The number of hydrazone groups is 1. The molecule has 1 aromatic heterocycles. The van der Waals surface area contributed by atoms with Crippen LogP contribution in [0, 0.1) is 20.8 Å². The smallest absolute Gasteiger partial charge is 0.260 e. The fourth-order valence-corrected chi connectivity index (χ4v) is 4.68. The Morgan fingerprint density at radius 2 is 1.70 bits per heavy atom. The number of nitrogens with zero attached hydrogens (tertiary/aromatic N) is 3. The van der Waals surface area contributed by atoms with Crippen molar-refractivity contribution in [3.8, 4) is 5.69 Å². The molecule has 0 aliphatic carbocycles. The van der Waals surface area contributed by atoms with Gasteiger partial charge in [-0.2, -0.15) is 5.10 Å². The van der Waals surface area contributed by atoms with Crippen molar-refractivity contribution in [2.24, 2.45) is 5.10 Å². The number of hydrogen-bond donors (Lipinski definition) is 1. The fourth-order valence-electron chi connectivity index (χ4n) is 3.48. The van der Waals surface area contributed by atoms with E-state index in [0.29, 0.717) is 21.3 Å². The molecule has 0 saturated carbocycles. The third-order valence-corrected chi connectivity index (χ3v) is 6.69. The zero-order valence-corrected chi connectivity index (χ0v) is 21.0. The maximum atomic E-state index is 12.5. The number of rotatable bonds is 7. The first-order chi connectivity index (χ1) is 15.5. The van der Waals surface area contributed by atoms with E-state index in [2.05, 4.69) is 10.5 Å². The second kappa shape index (κ2) is 9.99. The van der Waals surface area contributed by atoms with Gasteiger partial charge >= 0.3 is 0 Å². The molecule has 3 aromatic rings. The minimum Gasteiger partial charge on any atom is -0.318 e. The Hall–Kier alpha value is -2.81. The van der Waals surface area contributed by atoms with Gasteiger partial charge in [0.2, 0.25) is 10.0 Å². The van der Waals surface area contributed by atoms with Crippen molar-refractivity contribution in [1.82, 2.24) is 9.99 Å². The third-order valence-electron chi connectivity index (χ3n) is 5.08. The van der Waals surface area contributed by atoms with Crippen LogP contribution in [0.3, 0.4) is 0 Å². The Balaban J connectivity index is 1.76. The Morgan fingerprint density at radius 1 is 1.06 bits per heavy atom. The summed E-state index contributed by atoms with van der Waals surface area (Å²) in [7, 11) is -3.72. The predicted octanol–water partition coefficient (Wildman–Crippen LogP) is 4.63. The topological polar surface area (TPSA) is 83.8 Å². The van der Waals surface area contributed by atoms with Gasteiger partial charge in [-0.25, -0.2) is 13.8 Å². The van der Waals surface area contributed by atoms with Gasteiger partial charge in [0.05, 0.1) is 18.2 Å². The summed E-state index contributed by atoms with van der Waals surface area (Å²) >= 11 is 12.0. The molecule has 0 fully saturated rings. The summed E-state index contributed by atoms with van der Waals surface area (Å²) in [5.74, 6) is -0.581. The number of anilines is 1. The number of hydrogen-bond acceptors (Lipinski definition) is 4. The molecule has 0 saturated heterocycles. The summed E-state index contributed by atoms with van der Waals surface area (Å²) in [6.45, 7) is 5.23. The first-order valence-corrected chi connectivity index (χ1v) is 12.6. The first kappa shape index (κ1) is 24.8. The summed E-state index contributed by atoms with van der Waals surface area (Å²) in [4.78, 5) is 12.5. The highest BCUT2D eigenvalue weighted by Crippen LogP contribution is 2.26. The molecule has 0 aliphatic rings. The Labute approximate surface area is 203 Å². The summed E-state index contributed by atoms with van der Waals surface area (Å²) in [6, 6.07) is 14.3. The van der Waals surface area contributed by atoms with E-state index in [1.54, 1.807) is 19.1 Å². The number of aryl methyl sites for hydroxylation is 2. The second-order valence-corrected chi connectivity index (χ2v) is 10.4. The molecule has 2 aromatic carbocycles. The molecule has 0 unspecified atom stereocenters. The lowest BCUT2D eigenvalue weighted by molar-refractivity contribution is -0.119. The summed E-state index contributed by atoms with van der Waals surface area (Å²) in [5, 5.41) is 5.06. The van der Waals surface area contributed by atoms with Crippen LogP contribution < -0.4 is 9.73 Å². The highest BCUT2D eigenvalue weighted by atomic mass is 35.5. The van der Waals surface area contributed by atoms with E-state index in [4.69, 9.17) is 23.2 Å². The van der Waals surface area contributed by atoms with Crippen LogP contribution in [0.15, 0.2) is 53.6 Å². The van der Waals surface area contributed by atoms with E-state index in [-0.39, 0.29) is 0 Å². The van der Waals surface area contributed by atoms with Crippen LogP contribution in [0.1, 0.15) is 22.5 Å². The van der Waals surface area contributed by atoms with Gasteiger partial charge in [-0.1, -0.05) is 29.3 Å². The quantitative estimate of drug-likeness (QED) is 0.374. The molecular formula is C23H24Cl2N4O3S. The molecule has 1 N–H and O–H groups in total. The monoisotopic (exact) mass is 506 g/mol. The number of nitrogens with one attached hydrogen (secondary N) is 1. The predicted molar refractivity (Wildman–Crippen MR) is 134 cm³/mol. The molecule has 1 heterocycles. The van der Waals surface area contributed by atoms with Gasteiger partial charge in [0.25, 0.3) is 5.91 Å². The van der Waals surface area contributed by atoms with Gasteiger partial charge < -0.3 is 4.57 Å². The van der Waals surface area contributed by atoms with Crippen LogP contribution >= 0.6 is 23.2 Å². The molecular weight excluding hydrogens is 483 g/mol. The maximum absolute atomic E-state index is 12.5. The van der Waals surface area contributed by atoms with Crippen molar-refractivity contribution in [2.75, 3.05) is 17.1 Å². The molecule has 7 nitrogen and oxygen atoms in total. The number of benzene rings is 2. The third kappa shape index (κ3) is 5.96. The molecule has 33 heavy (non-hydrogen) atoms. The van der Waals surface area contributed by atoms with Crippen molar-refractivity contribution in [3.63, 3.8) is 0 Å². The zero-order valence-electron chi connectivity index (χ0n) is 18.6. The summed E-state index contributed by atoms with van der Waals surface area (Å²) in [5.41, 5.74) is 7.11. The van der Waals surface area contributed by atoms with E-state index in [1.165, 1.54) is 12.3 Å². The molecule has 0 aliphatic heterocycles. The van der Waals surface area contributed by atoms with E-state index in [0.717, 1.165) is 33.2 Å². The second-order valence-electron chi connectivity index (χ2n) is 7.63. The van der Waals surface area contributed by atoms with Gasteiger partial charge in [0.15, 0.2) is 0 Å². The van der Waals surface area contributed by atoms with Crippen molar-refractivity contribution in [2.45, 2.75) is 20.8 Å². The van der Waals surface area contributed by atoms with Gasteiger partial charge in [0.1, 0.15) is 6.54 Å². The maximum Gasteiger partial charge on any atom is 0.260 e. The normalized spacial score (nSPS) is 11.7. The van der Waals surface area contributed by atoms with Crippen LogP contribution in [0.25, 0.3) is 5.69 Å². The van der Waals surface area contributed by atoms with Crippen LogP contribution in [0.4, 0.5) is 5.69 Å². The average molecular weight is 507 g/mol. The van der Waals surface area contributed by atoms with Crippen LogP contribution in [0.5, 0.6) is 0 Å². The summed E-state index contributed by atoms with van der Waals surface area (Å²) < 4.78 is 27.7. The van der Waals surface area contributed by atoms with E-state index < -0.39 is 22.5 Å². The number of halogens is 2. The molecule has 0 atom stereocenters. The van der Waals surface area contributed by atoms with Crippen molar-refractivity contribution < 1.29 is 13.2 Å². The molecule has 0 spiro atoms. The highest BCUT2D eigenvalue weighted by Gasteiger charge is 2.22. The van der Waals surface area contributed by atoms with Crippen LogP contribution in [0.2, 0.25) is 10.0 Å². The number of sulfonamides is 1. The van der Waals surface area contributed by atoms with E-state index in [1.807, 2.05) is 48.7 Å². The van der Waals surface area contributed by atoms with Crippen LogP contribution in [-0.2, 0) is 14.8 Å². The minimum atomic E-state index is -3.72. The molecule has 10 heteroatoms. The van der Waals surface area contributed by atoms with E-state index in [9.17, 15) is 13.2 Å². The van der Waals surface area contributed by atoms with Gasteiger partial charge in [-0.3, -0.25) is 9.10 Å². The van der Waals surface area contributed by atoms with E-state index >= 15 is 0 Å². The van der Waals surface area contributed by atoms with Crippen molar-refractivity contribution in [1.29, 1.82) is 0 Å². The molecule has 174 valence electrons. The lowest BCUT2D eigenvalue weighted by atomic mass is 10.2. The number of aromatic nitrogens is 1. The lowest BCUT2D eigenvalue weighted by Crippen LogP contribution is -2.39. The fraction of sp³-hybridized carbons (Fsp3) is 0.217. The van der Waals surface area contributed by atoms with Gasteiger partial charge in [-0.15, -0.1) is 0 Å². The Kier molecular flexibility index (Phi) is 7.51. The van der Waals surface area contributed by atoms with Crippen LogP contribution in [-0.4, -0.2) is 37.9 Å². The number of carbonyl (C=O) groups is 1. The van der Waals surface area contributed by atoms with Gasteiger partial charge in [0, 0.05) is 32.7 Å². The molecule has 0 bridgehead atoms. The lowest BCUT2D eigenvalue weighted by Gasteiger charge is -2.23. The number of amides is 1. The minimum absolute atomic E-state index is 0.343. The average Bonchev–Trinajstić information content (AvgIpc) is 3.01. The highest BCUT2D eigenvalue weighted by molar-refractivity contribution is 7.92. The van der Waals surface area contributed by atoms with Gasteiger partial charge in [-0.05, 0) is 68.8 Å². The largest absolute Gasteiger partial charge is 0.318 e. The first-order valence-electron chi connectivity index (χ1n) is 9.98. The Morgan fingerprint density at radius 3 is 2.33 bits per heavy atom. The van der Waals surface area contributed by atoms with Crippen molar-refractivity contribution >= 4 is 51.0 Å². The Bertz CT molecular complexity index is 1320. The summed E-state index contributed by atoms with van der Waals surface area (Å²) in [6.07, 6.45) is 2.57. The molecule has 1 amide bonds. The SMILES string of the molecule is Cc1ccc(Cl)cc1N(CC(=O)N/N=C\c1cc(C)n(-c2ccc(Cl)cc2)c1C)S(C)(=O)=O. The standard InChI is InChI=1S/C23H24Cl2N4O3S/c1-15-5-6-20(25)12-22(15)28(33(4,31)32)14-23(30)27-26-13-18-11-16(2)29(17(18)3)21-9-7-19(24)8-10-21/h5-13H,14H2,1-4H3,(H,27,30)/b26-13-.